The van der Waals surface area contributed by atoms with Gasteiger partial charge in [0, 0.05) is 23.4 Å². The maximum Gasteiger partial charge on any atom is 0.270 e. The summed E-state index contributed by atoms with van der Waals surface area (Å²) in [5, 5.41) is 24.6. The highest BCUT2D eigenvalue weighted by atomic mass is 35.5. The van der Waals surface area contributed by atoms with Gasteiger partial charge in [0.05, 0.1) is 28.8 Å². The summed E-state index contributed by atoms with van der Waals surface area (Å²) in [6.07, 6.45) is 0. The summed E-state index contributed by atoms with van der Waals surface area (Å²) in [7, 11) is 0. The highest BCUT2D eigenvalue weighted by Gasteiger charge is 2.14. The SMILES string of the molecule is Cc1nn(Cc2ccc([N+](=O)[O-])cc2Cl)c(C)c1CO. The predicted octanol–water partition coefficient (Wildman–Crippen LogP) is 2.60. The molecular weight excluding hydrogens is 282 g/mol. The Labute approximate surface area is 120 Å². The van der Waals surface area contributed by atoms with Crippen LogP contribution in [-0.2, 0) is 13.2 Å². The molecular formula is C13H14ClN3O3. The van der Waals surface area contributed by atoms with E-state index in [2.05, 4.69) is 5.10 Å². The lowest BCUT2D eigenvalue weighted by atomic mass is 10.2. The number of nitro groups is 1. The van der Waals surface area contributed by atoms with E-state index in [-0.39, 0.29) is 12.3 Å². The summed E-state index contributed by atoms with van der Waals surface area (Å²) < 4.78 is 1.73. The largest absolute Gasteiger partial charge is 0.392 e. The minimum Gasteiger partial charge on any atom is -0.392 e. The van der Waals surface area contributed by atoms with Crippen LogP contribution < -0.4 is 0 Å². The van der Waals surface area contributed by atoms with Crippen LogP contribution in [0.25, 0.3) is 0 Å². The van der Waals surface area contributed by atoms with E-state index in [1.54, 1.807) is 10.7 Å². The molecule has 106 valence electrons. The Kier molecular flexibility index (Phi) is 4.06. The van der Waals surface area contributed by atoms with Crippen molar-refractivity contribution in [2.75, 3.05) is 0 Å². The fraction of sp³-hybridized carbons (Fsp3) is 0.308. The van der Waals surface area contributed by atoms with E-state index in [0.29, 0.717) is 11.6 Å². The van der Waals surface area contributed by atoms with Gasteiger partial charge in [-0.05, 0) is 25.5 Å². The molecule has 0 aliphatic carbocycles. The summed E-state index contributed by atoms with van der Waals surface area (Å²) in [4.78, 5) is 10.2. The van der Waals surface area contributed by atoms with E-state index < -0.39 is 4.92 Å². The summed E-state index contributed by atoms with van der Waals surface area (Å²) in [5.74, 6) is 0. The zero-order valence-corrected chi connectivity index (χ0v) is 11.9. The average Bonchev–Trinajstić information content (AvgIpc) is 2.66. The highest BCUT2D eigenvalue weighted by Crippen LogP contribution is 2.24. The molecule has 20 heavy (non-hydrogen) atoms. The molecule has 0 fully saturated rings. The third-order valence-electron chi connectivity index (χ3n) is 3.26. The lowest BCUT2D eigenvalue weighted by Crippen LogP contribution is -2.05. The molecule has 0 saturated carbocycles. The molecule has 2 rings (SSSR count). The molecule has 0 radical (unpaired) electrons. The van der Waals surface area contributed by atoms with Crippen molar-refractivity contribution < 1.29 is 10.0 Å². The van der Waals surface area contributed by atoms with Gasteiger partial charge in [-0.2, -0.15) is 5.10 Å². The fourth-order valence-corrected chi connectivity index (χ4v) is 2.29. The van der Waals surface area contributed by atoms with Gasteiger partial charge >= 0.3 is 0 Å². The lowest BCUT2D eigenvalue weighted by Gasteiger charge is -2.07. The molecule has 1 heterocycles. The van der Waals surface area contributed by atoms with Gasteiger partial charge in [-0.25, -0.2) is 0 Å². The van der Waals surface area contributed by atoms with Crippen LogP contribution in [0.2, 0.25) is 5.02 Å². The first-order chi connectivity index (χ1) is 9.43. The number of benzene rings is 1. The first-order valence-electron chi connectivity index (χ1n) is 6.00. The van der Waals surface area contributed by atoms with Crippen LogP contribution in [0.1, 0.15) is 22.5 Å². The van der Waals surface area contributed by atoms with E-state index in [9.17, 15) is 15.2 Å². The van der Waals surface area contributed by atoms with Crippen molar-refractivity contribution >= 4 is 17.3 Å². The molecule has 0 bridgehead atoms. The first-order valence-corrected chi connectivity index (χ1v) is 6.38. The fourth-order valence-electron chi connectivity index (χ4n) is 2.06. The van der Waals surface area contributed by atoms with Crippen molar-refractivity contribution in [2.45, 2.75) is 27.0 Å². The van der Waals surface area contributed by atoms with Gasteiger partial charge in [-0.3, -0.25) is 14.8 Å². The number of aliphatic hydroxyl groups excluding tert-OH is 1. The number of hydrogen-bond donors (Lipinski definition) is 1. The predicted molar refractivity (Wildman–Crippen MR) is 74.8 cm³/mol. The van der Waals surface area contributed by atoms with Gasteiger partial charge in [0.1, 0.15) is 0 Å². The zero-order chi connectivity index (χ0) is 14.9. The first kappa shape index (κ1) is 14.5. The van der Waals surface area contributed by atoms with Crippen molar-refractivity contribution in [3.8, 4) is 0 Å². The smallest absolute Gasteiger partial charge is 0.270 e. The Morgan fingerprint density at radius 3 is 2.65 bits per heavy atom. The molecule has 0 saturated heterocycles. The average molecular weight is 296 g/mol. The van der Waals surface area contributed by atoms with E-state index in [1.807, 2.05) is 13.8 Å². The van der Waals surface area contributed by atoms with Crippen LogP contribution in [0.4, 0.5) is 5.69 Å². The number of hydrogen-bond acceptors (Lipinski definition) is 4. The molecule has 7 heteroatoms. The second-order valence-corrected chi connectivity index (χ2v) is 4.91. The molecule has 1 N–H and O–H groups in total. The highest BCUT2D eigenvalue weighted by molar-refractivity contribution is 6.31. The number of nitrogens with zero attached hydrogens (tertiary/aromatic N) is 3. The second-order valence-electron chi connectivity index (χ2n) is 4.50. The number of nitro benzene ring substituents is 1. The van der Waals surface area contributed by atoms with E-state index in [4.69, 9.17) is 11.6 Å². The molecule has 0 spiro atoms. The van der Waals surface area contributed by atoms with Crippen LogP contribution in [-0.4, -0.2) is 19.8 Å². The van der Waals surface area contributed by atoms with Gasteiger partial charge in [-0.15, -0.1) is 0 Å². The van der Waals surface area contributed by atoms with Gasteiger partial charge in [0.15, 0.2) is 0 Å². The van der Waals surface area contributed by atoms with Crippen molar-refractivity contribution in [1.82, 2.24) is 9.78 Å². The quantitative estimate of drug-likeness (QED) is 0.694. The topological polar surface area (TPSA) is 81.2 Å². The van der Waals surface area contributed by atoms with Crippen LogP contribution >= 0.6 is 11.6 Å². The third kappa shape index (κ3) is 2.66. The molecule has 0 unspecified atom stereocenters. The molecule has 0 aliphatic heterocycles. The monoisotopic (exact) mass is 295 g/mol. The normalized spacial score (nSPS) is 10.8. The maximum absolute atomic E-state index is 10.7. The summed E-state index contributed by atoms with van der Waals surface area (Å²) in [6.45, 7) is 4.03. The molecule has 0 atom stereocenters. The minimum atomic E-state index is -0.483. The summed E-state index contributed by atoms with van der Waals surface area (Å²) >= 11 is 6.06. The van der Waals surface area contributed by atoms with E-state index in [1.165, 1.54) is 12.1 Å². The molecule has 6 nitrogen and oxygen atoms in total. The van der Waals surface area contributed by atoms with Crippen molar-refractivity contribution in [2.24, 2.45) is 0 Å². The van der Waals surface area contributed by atoms with Crippen LogP contribution in [0.15, 0.2) is 18.2 Å². The number of rotatable bonds is 4. The Balaban J connectivity index is 2.33. The molecule has 1 aromatic carbocycles. The van der Waals surface area contributed by atoms with E-state index in [0.717, 1.165) is 22.5 Å². The van der Waals surface area contributed by atoms with Gasteiger partial charge in [0.2, 0.25) is 0 Å². The van der Waals surface area contributed by atoms with Gasteiger partial charge in [-0.1, -0.05) is 11.6 Å². The summed E-state index contributed by atoms with van der Waals surface area (Å²) in [6, 6.07) is 4.37. The molecule has 1 aromatic heterocycles. The van der Waals surface area contributed by atoms with Crippen molar-refractivity contribution in [3.63, 3.8) is 0 Å². The lowest BCUT2D eigenvalue weighted by molar-refractivity contribution is -0.384. The van der Waals surface area contributed by atoms with Gasteiger partial charge < -0.3 is 5.11 Å². The number of aryl methyl sites for hydroxylation is 1. The number of non-ortho nitro benzene ring substituents is 1. The number of aliphatic hydroxyl groups is 1. The Bertz CT molecular complexity index is 667. The Hall–Kier alpha value is -1.92. The van der Waals surface area contributed by atoms with Crippen LogP contribution in [0.3, 0.4) is 0 Å². The number of halogens is 1. The van der Waals surface area contributed by atoms with Gasteiger partial charge in [0.25, 0.3) is 5.69 Å². The zero-order valence-electron chi connectivity index (χ0n) is 11.1. The Morgan fingerprint density at radius 1 is 1.45 bits per heavy atom. The molecule has 0 amide bonds. The second kappa shape index (κ2) is 5.60. The molecule has 0 aliphatic rings. The maximum atomic E-state index is 10.7. The third-order valence-corrected chi connectivity index (χ3v) is 3.61. The van der Waals surface area contributed by atoms with Crippen LogP contribution in [0.5, 0.6) is 0 Å². The standard InChI is InChI=1S/C13H14ClN3O3/c1-8-12(7-18)9(2)16(15-8)6-10-3-4-11(17(19)20)5-13(10)14/h3-5,18H,6-7H2,1-2H3. The van der Waals surface area contributed by atoms with Crippen molar-refractivity contribution in [1.29, 1.82) is 0 Å². The van der Waals surface area contributed by atoms with Crippen LogP contribution in [0, 0.1) is 24.0 Å². The summed E-state index contributed by atoms with van der Waals surface area (Å²) in [5.41, 5.74) is 3.13. The minimum absolute atomic E-state index is 0.0387. The molecule has 2 aromatic rings. The van der Waals surface area contributed by atoms with E-state index >= 15 is 0 Å². The Morgan fingerprint density at radius 2 is 2.15 bits per heavy atom. The van der Waals surface area contributed by atoms with Crippen molar-refractivity contribution in [3.05, 3.63) is 55.9 Å². The number of aromatic nitrogens is 2.